The maximum Gasteiger partial charge on any atom is 0.291 e. The number of benzene rings is 2. The molecule has 0 saturated carbocycles. The number of aryl methyl sites for hydroxylation is 2. The third-order valence-corrected chi connectivity index (χ3v) is 4.84. The molecule has 0 aliphatic heterocycles. The van der Waals surface area contributed by atoms with Crippen LogP contribution in [0.4, 0.5) is 11.4 Å². The van der Waals surface area contributed by atoms with Crippen molar-refractivity contribution in [3.63, 3.8) is 0 Å². The van der Waals surface area contributed by atoms with Crippen LogP contribution < -0.4 is 16.2 Å². The molecule has 1 atom stereocenters. The van der Waals surface area contributed by atoms with Gasteiger partial charge in [-0.15, -0.1) is 0 Å². The maximum absolute atomic E-state index is 12.9. The van der Waals surface area contributed by atoms with E-state index in [0.29, 0.717) is 11.4 Å². The zero-order valence-electron chi connectivity index (χ0n) is 17.4. The molecule has 0 aliphatic carbocycles. The van der Waals surface area contributed by atoms with Crippen LogP contribution in [0.2, 0.25) is 0 Å². The highest BCUT2D eigenvalue weighted by atomic mass is 16.2. The van der Waals surface area contributed by atoms with Crippen molar-refractivity contribution < 1.29 is 9.59 Å². The van der Waals surface area contributed by atoms with Crippen LogP contribution in [-0.4, -0.2) is 21.6 Å². The molecule has 3 aromatic rings. The van der Waals surface area contributed by atoms with E-state index in [9.17, 15) is 14.4 Å². The Labute approximate surface area is 174 Å². The molecular formula is C23H24N4O3. The number of nitrogens with one attached hydrogen (secondary N) is 2. The van der Waals surface area contributed by atoms with E-state index in [2.05, 4.69) is 15.7 Å². The van der Waals surface area contributed by atoms with Crippen LogP contribution in [0.3, 0.4) is 0 Å². The standard InChI is InChI=1S/C23H24N4O3/c1-14-10-11-19(12-15(14)2)25-22(29)16(3)27-23(30)21(24-17(4)28)13-20(26-27)18-8-6-5-7-9-18/h5-13,16H,1-4H3,(H,24,28)(H,25,29). The summed E-state index contributed by atoms with van der Waals surface area (Å²) in [5, 5.41) is 9.76. The fraction of sp³-hybridized carbons (Fsp3) is 0.217. The first-order valence-electron chi connectivity index (χ1n) is 9.61. The van der Waals surface area contributed by atoms with Crippen molar-refractivity contribution in [2.45, 2.75) is 33.7 Å². The van der Waals surface area contributed by atoms with Crippen molar-refractivity contribution >= 4 is 23.2 Å². The zero-order chi connectivity index (χ0) is 21.8. The van der Waals surface area contributed by atoms with Gasteiger partial charge in [-0.25, -0.2) is 4.68 Å². The molecule has 0 saturated heterocycles. The van der Waals surface area contributed by atoms with Crippen LogP contribution in [-0.2, 0) is 9.59 Å². The first-order chi connectivity index (χ1) is 14.3. The number of carbonyl (C=O) groups is 2. The van der Waals surface area contributed by atoms with Crippen LogP contribution >= 0.6 is 0 Å². The van der Waals surface area contributed by atoms with Gasteiger partial charge in [0, 0.05) is 18.2 Å². The normalized spacial score (nSPS) is 11.6. The second kappa shape index (κ2) is 8.73. The fourth-order valence-corrected chi connectivity index (χ4v) is 2.98. The minimum atomic E-state index is -0.893. The van der Waals surface area contributed by atoms with Gasteiger partial charge in [0.05, 0.1) is 5.69 Å². The fourth-order valence-electron chi connectivity index (χ4n) is 2.98. The third-order valence-electron chi connectivity index (χ3n) is 4.84. The van der Waals surface area contributed by atoms with E-state index in [4.69, 9.17) is 0 Å². The quantitative estimate of drug-likeness (QED) is 0.678. The Kier molecular flexibility index (Phi) is 6.11. The molecule has 1 heterocycles. The SMILES string of the molecule is CC(=O)Nc1cc(-c2ccccc2)nn(C(C)C(=O)Nc2ccc(C)c(C)c2)c1=O. The first kappa shape index (κ1) is 21.0. The smallest absolute Gasteiger partial charge is 0.291 e. The highest BCUT2D eigenvalue weighted by Crippen LogP contribution is 2.20. The minimum Gasteiger partial charge on any atom is -0.324 e. The van der Waals surface area contributed by atoms with Gasteiger partial charge >= 0.3 is 0 Å². The number of rotatable bonds is 5. The minimum absolute atomic E-state index is 0.0715. The van der Waals surface area contributed by atoms with Crippen LogP contribution in [0, 0.1) is 13.8 Å². The molecule has 1 unspecified atom stereocenters. The van der Waals surface area contributed by atoms with Crippen LogP contribution in [0.5, 0.6) is 0 Å². The van der Waals surface area contributed by atoms with Crippen molar-refractivity contribution in [1.29, 1.82) is 0 Å². The molecular weight excluding hydrogens is 380 g/mol. The van der Waals surface area contributed by atoms with Crippen LogP contribution in [0.15, 0.2) is 59.4 Å². The largest absolute Gasteiger partial charge is 0.324 e. The van der Waals surface area contributed by atoms with E-state index in [0.717, 1.165) is 21.4 Å². The Hall–Kier alpha value is -3.74. The second-order valence-corrected chi connectivity index (χ2v) is 7.20. The van der Waals surface area contributed by atoms with Crippen LogP contribution in [0.25, 0.3) is 11.3 Å². The summed E-state index contributed by atoms with van der Waals surface area (Å²) in [6.45, 7) is 6.87. The second-order valence-electron chi connectivity index (χ2n) is 7.20. The molecule has 2 aromatic carbocycles. The highest BCUT2D eigenvalue weighted by Gasteiger charge is 2.21. The summed E-state index contributed by atoms with van der Waals surface area (Å²) in [6, 6.07) is 15.5. The van der Waals surface area contributed by atoms with Gasteiger partial charge < -0.3 is 10.6 Å². The molecule has 0 fully saturated rings. The Balaban J connectivity index is 1.99. The molecule has 2 N–H and O–H groups in total. The van der Waals surface area contributed by atoms with Gasteiger partial charge in [0.15, 0.2) is 0 Å². The molecule has 3 rings (SSSR count). The van der Waals surface area contributed by atoms with E-state index in [-0.39, 0.29) is 17.5 Å². The van der Waals surface area contributed by atoms with E-state index in [1.54, 1.807) is 6.92 Å². The number of amides is 2. The molecule has 1 aromatic heterocycles. The zero-order valence-corrected chi connectivity index (χ0v) is 17.4. The molecule has 7 heteroatoms. The van der Waals surface area contributed by atoms with E-state index < -0.39 is 11.6 Å². The van der Waals surface area contributed by atoms with Crippen molar-refractivity contribution in [3.8, 4) is 11.3 Å². The maximum atomic E-state index is 12.9. The monoisotopic (exact) mass is 404 g/mol. The summed E-state index contributed by atoms with van der Waals surface area (Å²) in [7, 11) is 0. The first-order valence-corrected chi connectivity index (χ1v) is 9.61. The van der Waals surface area contributed by atoms with E-state index in [1.165, 1.54) is 13.0 Å². The van der Waals surface area contributed by atoms with Crippen molar-refractivity contribution in [1.82, 2.24) is 9.78 Å². The number of hydrogen-bond donors (Lipinski definition) is 2. The molecule has 0 aliphatic rings. The Morgan fingerprint density at radius 2 is 1.67 bits per heavy atom. The average Bonchev–Trinajstić information content (AvgIpc) is 2.72. The van der Waals surface area contributed by atoms with Gasteiger partial charge in [0.2, 0.25) is 11.8 Å². The summed E-state index contributed by atoms with van der Waals surface area (Å²) >= 11 is 0. The van der Waals surface area contributed by atoms with Gasteiger partial charge in [0.1, 0.15) is 11.7 Å². The molecule has 0 spiro atoms. The van der Waals surface area contributed by atoms with Gasteiger partial charge in [-0.05, 0) is 50.1 Å². The predicted molar refractivity (Wildman–Crippen MR) is 117 cm³/mol. The lowest BCUT2D eigenvalue weighted by Crippen LogP contribution is -2.35. The lowest BCUT2D eigenvalue weighted by Gasteiger charge is -2.17. The Bertz CT molecular complexity index is 1150. The Morgan fingerprint density at radius 3 is 2.30 bits per heavy atom. The molecule has 30 heavy (non-hydrogen) atoms. The summed E-state index contributed by atoms with van der Waals surface area (Å²) in [5.74, 6) is -0.761. The topological polar surface area (TPSA) is 93.1 Å². The van der Waals surface area contributed by atoms with Crippen molar-refractivity contribution in [2.24, 2.45) is 0 Å². The van der Waals surface area contributed by atoms with Gasteiger partial charge in [0.25, 0.3) is 5.56 Å². The molecule has 0 bridgehead atoms. The van der Waals surface area contributed by atoms with E-state index in [1.807, 2.05) is 62.4 Å². The third kappa shape index (κ3) is 4.63. The number of carbonyl (C=O) groups excluding carboxylic acids is 2. The average molecular weight is 404 g/mol. The lowest BCUT2D eigenvalue weighted by molar-refractivity contribution is -0.119. The van der Waals surface area contributed by atoms with Gasteiger partial charge in [-0.2, -0.15) is 5.10 Å². The molecule has 7 nitrogen and oxygen atoms in total. The van der Waals surface area contributed by atoms with Crippen LogP contribution in [0.1, 0.15) is 31.0 Å². The number of hydrogen-bond acceptors (Lipinski definition) is 4. The predicted octanol–water partition coefficient (Wildman–Crippen LogP) is 3.69. The molecule has 2 amide bonds. The Morgan fingerprint density at radius 1 is 0.967 bits per heavy atom. The molecule has 154 valence electrons. The van der Waals surface area contributed by atoms with Gasteiger partial charge in [-0.1, -0.05) is 36.4 Å². The van der Waals surface area contributed by atoms with Crippen molar-refractivity contribution in [2.75, 3.05) is 10.6 Å². The summed E-state index contributed by atoms with van der Waals surface area (Å²) < 4.78 is 1.10. The summed E-state index contributed by atoms with van der Waals surface area (Å²) in [6.07, 6.45) is 0. The summed E-state index contributed by atoms with van der Waals surface area (Å²) in [4.78, 5) is 37.3. The summed E-state index contributed by atoms with van der Waals surface area (Å²) in [5.41, 5.74) is 3.58. The van der Waals surface area contributed by atoms with Gasteiger partial charge in [-0.3, -0.25) is 14.4 Å². The van der Waals surface area contributed by atoms with E-state index >= 15 is 0 Å². The van der Waals surface area contributed by atoms with Crippen molar-refractivity contribution in [3.05, 3.63) is 76.1 Å². The highest BCUT2D eigenvalue weighted by molar-refractivity contribution is 5.94. The lowest BCUT2D eigenvalue weighted by atomic mass is 10.1. The number of nitrogens with zero attached hydrogens (tertiary/aromatic N) is 2. The molecule has 0 radical (unpaired) electrons. The number of anilines is 2. The number of aromatic nitrogens is 2.